The molecule has 1 saturated heterocycles. The van der Waals surface area contributed by atoms with Gasteiger partial charge in [-0.25, -0.2) is 0 Å². The maximum atomic E-state index is 12.4. The topological polar surface area (TPSA) is 55.9 Å². The average molecular weight is 395 g/mol. The number of aryl methyl sites for hydroxylation is 1. The molecule has 6 heteroatoms. The summed E-state index contributed by atoms with van der Waals surface area (Å²) in [5, 5.41) is 2.94. The van der Waals surface area contributed by atoms with Crippen molar-refractivity contribution in [3.63, 3.8) is 0 Å². The van der Waals surface area contributed by atoms with Crippen molar-refractivity contribution in [3.8, 4) is 0 Å². The van der Waals surface area contributed by atoms with E-state index in [0.717, 1.165) is 43.1 Å². The largest absolute Gasteiger partial charge is 0.369 e. The first-order valence-electron chi connectivity index (χ1n) is 10.1. The molecule has 0 saturated carbocycles. The lowest BCUT2D eigenvalue weighted by molar-refractivity contribution is -0.117. The Morgan fingerprint density at radius 3 is 2.28 bits per heavy atom. The molecule has 29 heavy (non-hydrogen) atoms. The number of hydrogen-bond acceptors (Lipinski definition) is 4. The van der Waals surface area contributed by atoms with Crippen LogP contribution in [0.1, 0.15) is 18.9 Å². The number of nitrogens with zero attached hydrogens (tertiary/aromatic N) is 3. The fraction of sp³-hybridized carbons (Fsp3) is 0.391. The fourth-order valence-electron chi connectivity index (χ4n) is 3.57. The summed E-state index contributed by atoms with van der Waals surface area (Å²) in [6.45, 7) is 8.00. The molecule has 3 rings (SSSR count). The monoisotopic (exact) mass is 394 g/mol. The van der Waals surface area contributed by atoms with Crippen LogP contribution in [0.4, 0.5) is 17.1 Å². The Morgan fingerprint density at radius 2 is 1.66 bits per heavy atom. The van der Waals surface area contributed by atoms with Gasteiger partial charge in [0, 0.05) is 63.1 Å². The molecule has 0 aromatic heterocycles. The smallest absolute Gasteiger partial charge is 0.226 e. The lowest BCUT2D eigenvalue weighted by Crippen LogP contribution is -2.44. The molecular weight excluding hydrogens is 364 g/mol. The number of carbonyl (C=O) groups excluding carboxylic acids is 2. The molecule has 0 bridgehead atoms. The van der Waals surface area contributed by atoms with E-state index >= 15 is 0 Å². The number of piperazine rings is 1. The third-order valence-corrected chi connectivity index (χ3v) is 5.37. The van der Waals surface area contributed by atoms with Crippen LogP contribution >= 0.6 is 0 Å². The maximum absolute atomic E-state index is 12.4. The van der Waals surface area contributed by atoms with Crippen molar-refractivity contribution in [3.05, 3.63) is 54.1 Å². The van der Waals surface area contributed by atoms with Crippen molar-refractivity contribution in [1.82, 2.24) is 4.90 Å². The van der Waals surface area contributed by atoms with E-state index in [1.807, 2.05) is 43.3 Å². The highest BCUT2D eigenvalue weighted by molar-refractivity contribution is 5.95. The number of benzene rings is 2. The predicted molar refractivity (Wildman–Crippen MR) is 119 cm³/mol. The van der Waals surface area contributed by atoms with E-state index < -0.39 is 0 Å². The number of amides is 2. The van der Waals surface area contributed by atoms with Crippen LogP contribution in [0.3, 0.4) is 0 Å². The molecule has 2 aromatic rings. The van der Waals surface area contributed by atoms with Crippen molar-refractivity contribution in [2.45, 2.75) is 20.3 Å². The summed E-state index contributed by atoms with van der Waals surface area (Å²) in [4.78, 5) is 30.8. The minimum absolute atomic E-state index is 0.0661. The molecule has 0 aliphatic carbocycles. The second-order valence-electron chi connectivity index (χ2n) is 7.59. The van der Waals surface area contributed by atoms with Gasteiger partial charge in [-0.2, -0.15) is 0 Å². The second kappa shape index (κ2) is 9.56. The van der Waals surface area contributed by atoms with Crippen LogP contribution < -0.4 is 15.1 Å². The number of anilines is 3. The van der Waals surface area contributed by atoms with Gasteiger partial charge < -0.3 is 20.0 Å². The Bertz CT molecular complexity index is 842. The molecule has 2 amide bonds. The number of carbonyl (C=O) groups is 2. The molecule has 154 valence electrons. The normalized spacial score (nSPS) is 14.5. The van der Waals surface area contributed by atoms with E-state index in [4.69, 9.17) is 0 Å². The first-order chi connectivity index (χ1) is 13.9. The van der Waals surface area contributed by atoms with Crippen LogP contribution in [0.5, 0.6) is 0 Å². The highest BCUT2D eigenvalue weighted by Crippen LogP contribution is 2.21. The minimum atomic E-state index is -0.0998. The molecule has 1 aliphatic heterocycles. The molecule has 0 spiro atoms. The quantitative estimate of drug-likeness (QED) is 0.818. The summed E-state index contributed by atoms with van der Waals surface area (Å²) in [6, 6.07) is 15.7. The Balaban J connectivity index is 1.55. The summed E-state index contributed by atoms with van der Waals surface area (Å²) >= 11 is 0. The van der Waals surface area contributed by atoms with Gasteiger partial charge in [-0.1, -0.05) is 18.2 Å². The highest BCUT2D eigenvalue weighted by Gasteiger charge is 2.16. The van der Waals surface area contributed by atoms with Crippen LogP contribution in [-0.4, -0.2) is 56.5 Å². The minimum Gasteiger partial charge on any atom is -0.369 e. The van der Waals surface area contributed by atoms with E-state index in [1.165, 1.54) is 12.6 Å². The van der Waals surface area contributed by atoms with Gasteiger partial charge in [0.15, 0.2) is 0 Å². The van der Waals surface area contributed by atoms with Gasteiger partial charge in [0.05, 0.1) is 0 Å². The average Bonchev–Trinajstić information content (AvgIpc) is 2.70. The first kappa shape index (κ1) is 20.9. The van der Waals surface area contributed by atoms with E-state index in [1.54, 1.807) is 4.90 Å². The molecular formula is C23H30N4O2. The standard InChI is InChI=1S/C23H30N4O2/c1-18-6-4-5-7-22(18)27(19(2)28)13-12-23(29)24-20-8-10-21(11-9-20)26-16-14-25(3)15-17-26/h4-11H,12-17H2,1-3H3,(H,24,29). The summed E-state index contributed by atoms with van der Waals surface area (Å²) in [7, 11) is 2.14. The van der Waals surface area contributed by atoms with Crippen LogP contribution in [0, 0.1) is 6.92 Å². The van der Waals surface area contributed by atoms with Crippen molar-refractivity contribution in [2.75, 3.05) is 54.9 Å². The molecule has 0 unspecified atom stereocenters. The number of para-hydroxylation sites is 1. The lowest BCUT2D eigenvalue weighted by Gasteiger charge is -2.34. The molecule has 1 fully saturated rings. The van der Waals surface area contributed by atoms with Gasteiger partial charge in [0.1, 0.15) is 0 Å². The summed E-state index contributed by atoms with van der Waals surface area (Å²) in [5.41, 5.74) is 3.82. The first-order valence-corrected chi connectivity index (χ1v) is 10.1. The van der Waals surface area contributed by atoms with Gasteiger partial charge in [0.2, 0.25) is 11.8 Å². The Labute approximate surface area is 173 Å². The van der Waals surface area contributed by atoms with Crippen molar-refractivity contribution in [1.29, 1.82) is 0 Å². The number of rotatable bonds is 6. The molecule has 2 aromatic carbocycles. The molecule has 1 aliphatic rings. The lowest BCUT2D eigenvalue weighted by atomic mass is 10.1. The van der Waals surface area contributed by atoms with Gasteiger partial charge in [-0.3, -0.25) is 9.59 Å². The summed E-state index contributed by atoms with van der Waals surface area (Å²) in [5.74, 6) is -0.166. The van der Waals surface area contributed by atoms with Gasteiger partial charge >= 0.3 is 0 Å². The van der Waals surface area contributed by atoms with Crippen molar-refractivity contribution >= 4 is 28.9 Å². The van der Waals surface area contributed by atoms with Gasteiger partial charge in [0.25, 0.3) is 0 Å². The van der Waals surface area contributed by atoms with Crippen molar-refractivity contribution < 1.29 is 9.59 Å². The fourth-order valence-corrected chi connectivity index (χ4v) is 3.57. The van der Waals surface area contributed by atoms with Crippen LogP contribution in [0.15, 0.2) is 48.5 Å². The third kappa shape index (κ3) is 5.57. The van der Waals surface area contributed by atoms with Gasteiger partial charge in [-0.15, -0.1) is 0 Å². The highest BCUT2D eigenvalue weighted by atomic mass is 16.2. The Hall–Kier alpha value is -2.86. The molecule has 1 N–H and O–H groups in total. The van der Waals surface area contributed by atoms with Crippen molar-refractivity contribution in [2.24, 2.45) is 0 Å². The molecule has 1 heterocycles. The summed E-state index contributed by atoms with van der Waals surface area (Å²) < 4.78 is 0. The van der Waals surface area contributed by atoms with E-state index in [0.29, 0.717) is 6.54 Å². The van der Waals surface area contributed by atoms with E-state index in [9.17, 15) is 9.59 Å². The van der Waals surface area contributed by atoms with E-state index in [2.05, 4.69) is 34.3 Å². The van der Waals surface area contributed by atoms with Crippen LogP contribution in [-0.2, 0) is 9.59 Å². The molecule has 0 radical (unpaired) electrons. The van der Waals surface area contributed by atoms with Crippen LogP contribution in [0.25, 0.3) is 0 Å². The Kier molecular flexibility index (Phi) is 6.88. The molecule has 6 nitrogen and oxygen atoms in total. The number of nitrogens with one attached hydrogen (secondary N) is 1. The molecule has 0 atom stereocenters. The number of hydrogen-bond donors (Lipinski definition) is 1. The van der Waals surface area contributed by atoms with E-state index in [-0.39, 0.29) is 18.2 Å². The predicted octanol–water partition coefficient (Wildman–Crippen LogP) is 3.13. The zero-order chi connectivity index (χ0) is 20.8. The maximum Gasteiger partial charge on any atom is 0.226 e. The Morgan fingerprint density at radius 1 is 1.00 bits per heavy atom. The van der Waals surface area contributed by atoms with Gasteiger partial charge in [-0.05, 0) is 49.9 Å². The summed E-state index contributed by atoms with van der Waals surface area (Å²) in [6.07, 6.45) is 0.244. The van der Waals surface area contributed by atoms with Crippen LogP contribution in [0.2, 0.25) is 0 Å². The second-order valence-corrected chi connectivity index (χ2v) is 7.59. The SMILES string of the molecule is CC(=O)N(CCC(=O)Nc1ccc(N2CCN(C)CC2)cc1)c1ccccc1C. The zero-order valence-electron chi connectivity index (χ0n) is 17.5. The number of likely N-dealkylation sites (N-methyl/N-ethyl adjacent to an activating group) is 1. The zero-order valence-corrected chi connectivity index (χ0v) is 17.5. The third-order valence-electron chi connectivity index (χ3n) is 5.37.